The molecule has 0 aromatic heterocycles. The predicted octanol–water partition coefficient (Wildman–Crippen LogP) is 5.12. The summed E-state index contributed by atoms with van der Waals surface area (Å²) in [5.74, 6) is 2.53. The summed E-state index contributed by atoms with van der Waals surface area (Å²) >= 11 is 1.74. The van der Waals surface area contributed by atoms with Crippen molar-refractivity contribution in [2.75, 3.05) is 5.75 Å². The summed E-state index contributed by atoms with van der Waals surface area (Å²) in [6, 6.07) is 31.4. The first-order valence-electron chi connectivity index (χ1n) is 14.0. The molecule has 2 aliphatic rings. The minimum atomic E-state index is -2.38. The summed E-state index contributed by atoms with van der Waals surface area (Å²) in [6.45, 7) is 10.2. The average molecular weight is 619 g/mol. The third kappa shape index (κ3) is 6.13. The Morgan fingerprint density at radius 1 is 0.854 bits per heavy atom. The molecule has 1 fully saturated rings. The van der Waals surface area contributed by atoms with Gasteiger partial charge in [-0.1, -0.05) is 111 Å². The Kier molecular flexibility index (Phi) is 8.43. The van der Waals surface area contributed by atoms with Gasteiger partial charge >= 0.3 is 5.97 Å². The number of fused-ring (bicyclic) bond motifs is 1. The Morgan fingerprint density at radius 2 is 1.32 bits per heavy atom. The van der Waals surface area contributed by atoms with Gasteiger partial charge in [0.15, 0.2) is 0 Å². The van der Waals surface area contributed by atoms with Crippen LogP contribution < -0.4 is 20.9 Å². The average Bonchev–Trinajstić information content (AvgIpc) is 2.94. The van der Waals surface area contributed by atoms with Crippen molar-refractivity contribution in [1.29, 1.82) is 0 Å². The summed E-state index contributed by atoms with van der Waals surface area (Å²) in [5, 5.41) is 3.47. The maximum Gasteiger partial charge on any atom is 0.342 e. The molecule has 0 aliphatic carbocycles. The molecule has 5 nitrogen and oxygen atoms in total. The molecule has 214 valence electrons. The molecule has 3 aromatic carbocycles. The van der Waals surface area contributed by atoms with Gasteiger partial charge in [0.05, 0.1) is 0 Å². The fraction of sp³-hybridized carbons (Fsp3) is 0.281. The van der Waals surface area contributed by atoms with Gasteiger partial charge in [-0.15, -0.1) is 11.8 Å². The lowest BCUT2D eigenvalue weighted by molar-refractivity contribution is -0.147. The number of nitrogens with one attached hydrogen (secondary N) is 1. The number of nitrogens with zero attached hydrogens (tertiary/aromatic N) is 1. The van der Waals surface area contributed by atoms with Crippen molar-refractivity contribution in [2.24, 2.45) is 0 Å². The molecule has 3 aromatic rings. The maximum atomic E-state index is 14.0. The van der Waals surface area contributed by atoms with Gasteiger partial charge < -0.3 is 9.41 Å². The van der Waals surface area contributed by atoms with Gasteiger partial charge in [-0.05, 0) is 53.8 Å². The van der Waals surface area contributed by atoms with Crippen LogP contribution in [0.25, 0.3) is 0 Å². The molecule has 2 heterocycles. The van der Waals surface area contributed by atoms with E-state index < -0.39 is 23.4 Å². The molecule has 0 saturated carbocycles. The topological polar surface area (TPSA) is 58.6 Å². The lowest BCUT2D eigenvalue weighted by Gasteiger charge is -2.51. The molecular weight excluding hydrogens is 580 g/mol. The van der Waals surface area contributed by atoms with Crippen LogP contribution in [-0.4, -0.2) is 56.3 Å². The number of amides is 1. The SMILES string of the molecule is C[Si](C)(C)NC1C(=O)N2C(C(=O)O[Si](C)(C)C)=C(C=P(c3ccccc3)(c3ccccc3)c3ccccc3)CSC12. The van der Waals surface area contributed by atoms with Crippen LogP contribution in [0.1, 0.15) is 0 Å². The van der Waals surface area contributed by atoms with Crippen molar-refractivity contribution in [3.05, 3.63) is 102 Å². The first-order chi connectivity index (χ1) is 19.4. The number of carbonyl (C=O) groups excluding carboxylic acids is 2. The summed E-state index contributed by atoms with van der Waals surface area (Å²) < 4.78 is 6.10. The molecule has 0 radical (unpaired) electrons. The third-order valence-corrected chi connectivity index (χ3v) is 14.3. The summed E-state index contributed by atoms with van der Waals surface area (Å²) in [4.78, 5) is 33.0. The molecule has 1 saturated heterocycles. The largest absolute Gasteiger partial charge is 0.515 e. The first kappa shape index (κ1) is 29.9. The van der Waals surface area contributed by atoms with E-state index in [1.54, 1.807) is 16.7 Å². The zero-order chi connectivity index (χ0) is 29.4. The molecule has 2 atom stereocenters. The van der Waals surface area contributed by atoms with E-state index in [0.29, 0.717) is 11.4 Å². The molecule has 9 heteroatoms. The highest BCUT2D eigenvalue weighted by molar-refractivity contribution is 8.00. The van der Waals surface area contributed by atoms with E-state index in [0.717, 1.165) is 5.57 Å². The molecule has 2 unspecified atom stereocenters. The van der Waals surface area contributed by atoms with E-state index in [-0.39, 0.29) is 23.3 Å². The molecule has 41 heavy (non-hydrogen) atoms. The van der Waals surface area contributed by atoms with Crippen LogP contribution in [0, 0.1) is 0 Å². The number of rotatable bonds is 8. The molecule has 1 N–H and O–H groups in total. The van der Waals surface area contributed by atoms with Crippen molar-refractivity contribution < 1.29 is 14.0 Å². The van der Waals surface area contributed by atoms with E-state index in [2.05, 4.69) is 103 Å². The van der Waals surface area contributed by atoms with Gasteiger partial charge in [0.25, 0.3) is 0 Å². The molecule has 2 aliphatic heterocycles. The Morgan fingerprint density at radius 3 is 1.73 bits per heavy atom. The normalized spacial score (nSPS) is 19.4. The smallest absolute Gasteiger partial charge is 0.342 e. The van der Waals surface area contributed by atoms with E-state index in [9.17, 15) is 9.59 Å². The van der Waals surface area contributed by atoms with Crippen LogP contribution in [0.2, 0.25) is 39.3 Å². The highest BCUT2D eigenvalue weighted by Crippen LogP contribution is 2.48. The van der Waals surface area contributed by atoms with E-state index in [1.165, 1.54) is 15.9 Å². The van der Waals surface area contributed by atoms with Gasteiger partial charge in [-0.3, -0.25) is 9.69 Å². The van der Waals surface area contributed by atoms with Crippen LogP contribution in [-0.2, 0) is 14.0 Å². The highest BCUT2D eigenvalue weighted by Gasteiger charge is 2.54. The van der Waals surface area contributed by atoms with Crippen molar-refractivity contribution in [3.63, 3.8) is 0 Å². The zero-order valence-electron chi connectivity index (χ0n) is 24.6. The zero-order valence-corrected chi connectivity index (χ0v) is 28.3. The highest BCUT2D eigenvalue weighted by atomic mass is 32.2. The molecule has 0 bridgehead atoms. The van der Waals surface area contributed by atoms with Crippen LogP contribution in [0.4, 0.5) is 0 Å². The predicted molar refractivity (Wildman–Crippen MR) is 181 cm³/mol. The molecular formula is C32H39N2O3PSSi2. The standard InChI is InChI=1S/C32H39N2O3PSSi2/c1-40(2,3)33-28-30(35)34-29(32(36)37-41(4,5)6)24(23-39-31(28)34)22-38(25-16-10-7-11-17-25,26-18-12-8-13-19-26)27-20-14-9-15-21-27/h7-22,28,31,33H,23H2,1-6H3. The number of β-lactam (4-membered cyclic amide) rings is 1. The number of thioether (sulfide) groups is 1. The lowest BCUT2D eigenvalue weighted by atomic mass is 10.0. The van der Waals surface area contributed by atoms with Crippen molar-refractivity contribution in [2.45, 2.75) is 50.7 Å². The second-order valence-electron chi connectivity index (χ2n) is 12.5. The van der Waals surface area contributed by atoms with Gasteiger partial charge in [-0.25, -0.2) is 4.79 Å². The minimum Gasteiger partial charge on any atom is -0.515 e. The van der Waals surface area contributed by atoms with Gasteiger partial charge in [0.2, 0.25) is 14.2 Å². The maximum absolute atomic E-state index is 14.0. The quantitative estimate of drug-likeness (QED) is 0.216. The van der Waals surface area contributed by atoms with Crippen molar-refractivity contribution in [3.8, 4) is 0 Å². The number of hydrogen-bond donors (Lipinski definition) is 1. The van der Waals surface area contributed by atoms with E-state index >= 15 is 0 Å². The molecule has 0 spiro atoms. The first-order valence-corrected chi connectivity index (χ1v) is 23.8. The summed E-state index contributed by atoms with van der Waals surface area (Å²) in [6.07, 6.45) is 0. The van der Waals surface area contributed by atoms with Crippen LogP contribution in [0.15, 0.2) is 102 Å². The van der Waals surface area contributed by atoms with Crippen LogP contribution in [0.5, 0.6) is 0 Å². The summed E-state index contributed by atoms with van der Waals surface area (Å²) in [5.41, 5.74) is 1.29. The second kappa shape index (κ2) is 11.6. The fourth-order valence-corrected chi connectivity index (χ4v) is 12.8. The monoisotopic (exact) mass is 618 g/mol. The Bertz CT molecular complexity index is 1410. The van der Waals surface area contributed by atoms with E-state index in [1.807, 2.05) is 37.8 Å². The summed E-state index contributed by atoms with van der Waals surface area (Å²) in [7, 11) is -3.95. The van der Waals surface area contributed by atoms with Gasteiger partial charge in [-0.2, -0.15) is 0 Å². The van der Waals surface area contributed by atoms with Gasteiger partial charge in [0, 0.05) is 5.75 Å². The number of carbonyl (C=O) groups is 2. The fourth-order valence-electron chi connectivity index (χ4n) is 5.42. The van der Waals surface area contributed by atoms with Crippen molar-refractivity contribution >= 4 is 68.8 Å². The van der Waals surface area contributed by atoms with Gasteiger partial charge in [0.1, 0.15) is 25.3 Å². The molecule has 1 amide bonds. The van der Waals surface area contributed by atoms with E-state index in [4.69, 9.17) is 4.43 Å². The molecule has 5 rings (SSSR count). The Hall–Kier alpha value is -2.62. The third-order valence-electron chi connectivity index (χ3n) is 7.02. The minimum absolute atomic E-state index is 0.0406. The lowest BCUT2D eigenvalue weighted by Crippen LogP contribution is -2.73. The van der Waals surface area contributed by atoms with Crippen LogP contribution >= 0.6 is 18.6 Å². The second-order valence-corrected chi connectivity index (χ2v) is 26.1. The van der Waals surface area contributed by atoms with Crippen LogP contribution in [0.3, 0.4) is 0 Å². The number of hydrogen-bond acceptors (Lipinski definition) is 5. The Labute approximate surface area is 250 Å². The Balaban J connectivity index is 1.79. The number of benzene rings is 3. The van der Waals surface area contributed by atoms with Crippen molar-refractivity contribution in [1.82, 2.24) is 9.88 Å².